The highest BCUT2D eigenvalue weighted by Crippen LogP contribution is 2.21. The van der Waals surface area contributed by atoms with Gasteiger partial charge in [-0.2, -0.15) is 0 Å². The summed E-state index contributed by atoms with van der Waals surface area (Å²) in [6.45, 7) is 5.00. The van der Waals surface area contributed by atoms with Crippen molar-refractivity contribution in [2.75, 3.05) is 6.54 Å². The minimum Gasteiger partial charge on any atom is -0.345 e. The molecule has 0 bridgehead atoms. The van der Waals surface area contributed by atoms with Crippen LogP contribution in [0.2, 0.25) is 10.0 Å². The first kappa shape index (κ1) is 20.2. The molecule has 3 rings (SSSR count). The second kappa shape index (κ2) is 9.09. The van der Waals surface area contributed by atoms with Gasteiger partial charge in [-0.15, -0.1) is 6.58 Å². The molecular weight excluding hydrogens is 398 g/mol. The van der Waals surface area contributed by atoms with E-state index in [9.17, 15) is 9.18 Å². The Morgan fingerprint density at radius 2 is 1.86 bits per heavy atom. The van der Waals surface area contributed by atoms with Gasteiger partial charge in [-0.1, -0.05) is 41.4 Å². The van der Waals surface area contributed by atoms with Gasteiger partial charge in [0.05, 0.1) is 6.54 Å². The average molecular weight is 417 g/mol. The summed E-state index contributed by atoms with van der Waals surface area (Å²) in [5.41, 5.74) is 2.19. The number of halogens is 3. The van der Waals surface area contributed by atoms with Crippen LogP contribution in [0, 0.1) is 5.82 Å². The molecule has 3 nitrogen and oxygen atoms in total. The topological polar surface area (TPSA) is 25.2 Å². The van der Waals surface area contributed by atoms with E-state index >= 15 is 0 Å². The first-order chi connectivity index (χ1) is 13.5. The summed E-state index contributed by atoms with van der Waals surface area (Å²) < 4.78 is 15.5. The Morgan fingerprint density at radius 3 is 2.54 bits per heavy atom. The van der Waals surface area contributed by atoms with Crippen molar-refractivity contribution < 1.29 is 9.18 Å². The number of amides is 1. The van der Waals surface area contributed by atoms with E-state index in [1.54, 1.807) is 35.2 Å². The van der Waals surface area contributed by atoms with Crippen molar-refractivity contribution in [1.82, 2.24) is 9.47 Å². The molecule has 0 aliphatic carbocycles. The second-order valence-corrected chi connectivity index (χ2v) is 7.26. The number of carbonyl (C=O) groups excluding carboxylic acids is 1. The summed E-state index contributed by atoms with van der Waals surface area (Å²) in [5, 5.41) is 0.813. The lowest BCUT2D eigenvalue weighted by molar-refractivity contribution is 0.0759. The summed E-state index contributed by atoms with van der Waals surface area (Å²) in [6, 6.07) is 15.1. The van der Waals surface area contributed by atoms with Crippen molar-refractivity contribution in [2.45, 2.75) is 13.1 Å². The molecule has 0 spiro atoms. The third-order valence-corrected chi connectivity index (χ3v) is 4.70. The second-order valence-electron chi connectivity index (χ2n) is 6.39. The molecule has 2 aromatic carbocycles. The molecule has 1 amide bonds. The van der Waals surface area contributed by atoms with Crippen molar-refractivity contribution in [3.8, 4) is 0 Å². The van der Waals surface area contributed by atoms with Gasteiger partial charge in [-0.3, -0.25) is 4.79 Å². The number of rotatable bonds is 7. The van der Waals surface area contributed by atoms with E-state index in [1.807, 2.05) is 29.0 Å². The Bertz CT molecular complexity index is 979. The smallest absolute Gasteiger partial charge is 0.254 e. The van der Waals surface area contributed by atoms with Crippen molar-refractivity contribution in [3.63, 3.8) is 0 Å². The molecular formula is C22H19Cl2FN2O. The predicted molar refractivity (Wildman–Crippen MR) is 111 cm³/mol. The number of nitrogens with zero attached hydrogens (tertiary/aromatic N) is 2. The van der Waals surface area contributed by atoms with Gasteiger partial charge in [0.15, 0.2) is 0 Å². The van der Waals surface area contributed by atoms with Crippen LogP contribution in [-0.2, 0) is 13.1 Å². The van der Waals surface area contributed by atoms with Crippen LogP contribution in [-0.4, -0.2) is 21.9 Å². The quantitative estimate of drug-likeness (QED) is 0.446. The van der Waals surface area contributed by atoms with E-state index in [1.165, 1.54) is 12.1 Å². The SMILES string of the molecule is C=CCN(Cc1cccn1Cc1cccc(F)c1)C(=O)c1cc(Cl)cc(Cl)c1. The molecule has 0 saturated heterocycles. The van der Waals surface area contributed by atoms with Gasteiger partial charge in [0.25, 0.3) is 5.91 Å². The van der Waals surface area contributed by atoms with Crippen molar-refractivity contribution >= 4 is 29.1 Å². The van der Waals surface area contributed by atoms with E-state index in [0.29, 0.717) is 35.2 Å². The molecule has 28 heavy (non-hydrogen) atoms. The van der Waals surface area contributed by atoms with E-state index in [4.69, 9.17) is 23.2 Å². The largest absolute Gasteiger partial charge is 0.345 e. The monoisotopic (exact) mass is 416 g/mol. The fourth-order valence-electron chi connectivity index (χ4n) is 3.01. The van der Waals surface area contributed by atoms with Gasteiger partial charge in [-0.05, 0) is 48.0 Å². The first-order valence-electron chi connectivity index (χ1n) is 8.71. The number of aromatic nitrogens is 1. The van der Waals surface area contributed by atoms with Gasteiger partial charge < -0.3 is 9.47 Å². The van der Waals surface area contributed by atoms with Crippen LogP contribution < -0.4 is 0 Å². The summed E-state index contributed by atoms with van der Waals surface area (Å²) in [4.78, 5) is 14.6. The van der Waals surface area contributed by atoms with Crippen LogP contribution in [0.1, 0.15) is 21.6 Å². The van der Waals surface area contributed by atoms with Gasteiger partial charge in [0.1, 0.15) is 5.82 Å². The van der Waals surface area contributed by atoms with Crippen LogP contribution in [0.15, 0.2) is 73.4 Å². The fourth-order valence-corrected chi connectivity index (χ4v) is 3.54. The highest BCUT2D eigenvalue weighted by Gasteiger charge is 2.18. The Hall–Kier alpha value is -2.56. The molecule has 6 heteroatoms. The molecule has 0 unspecified atom stereocenters. The Balaban J connectivity index is 1.82. The number of hydrogen-bond acceptors (Lipinski definition) is 1. The molecule has 0 fully saturated rings. The lowest BCUT2D eigenvalue weighted by atomic mass is 10.2. The average Bonchev–Trinajstić information content (AvgIpc) is 3.06. The van der Waals surface area contributed by atoms with Crippen LogP contribution in [0.3, 0.4) is 0 Å². The standard InChI is InChI=1S/C22H19Cl2FN2O/c1-2-8-27(22(28)17-11-18(23)13-19(24)12-17)15-21-7-4-9-26(21)14-16-5-3-6-20(25)10-16/h2-7,9-13H,1,8,14-15H2. The zero-order valence-electron chi connectivity index (χ0n) is 15.1. The maximum absolute atomic E-state index is 13.5. The number of hydrogen-bond donors (Lipinski definition) is 0. The van der Waals surface area contributed by atoms with Crippen molar-refractivity contribution in [3.05, 3.63) is 106 Å². The van der Waals surface area contributed by atoms with E-state index in [-0.39, 0.29) is 11.7 Å². The Morgan fingerprint density at radius 1 is 1.11 bits per heavy atom. The summed E-state index contributed by atoms with van der Waals surface area (Å²) >= 11 is 12.1. The van der Waals surface area contributed by atoms with E-state index in [0.717, 1.165) is 11.3 Å². The van der Waals surface area contributed by atoms with Crippen molar-refractivity contribution in [1.29, 1.82) is 0 Å². The van der Waals surface area contributed by atoms with Gasteiger partial charge >= 0.3 is 0 Å². The first-order valence-corrected chi connectivity index (χ1v) is 9.46. The highest BCUT2D eigenvalue weighted by atomic mass is 35.5. The molecule has 0 aliphatic rings. The molecule has 0 saturated carbocycles. The number of benzene rings is 2. The Labute approximate surface area is 173 Å². The highest BCUT2D eigenvalue weighted by molar-refractivity contribution is 6.35. The Kier molecular flexibility index (Phi) is 6.55. The zero-order chi connectivity index (χ0) is 20.1. The van der Waals surface area contributed by atoms with Crippen LogP contribution in [0.4, 0.5) is 4.39 Å². The molecule has 1 aromatic heterocycles. The lowest BCUT2D eigenvalue weighted by Crippen LogP contribution is -2.31. The zero-order valence-corrected chi connectivity index (χ0v) is 16.6. The van der Waals surface area contributed by atoms with Gasteiger partial charge in [0, 0.05) is 40.6 Å². The third-order valence-electron chi connectivity index (χ3n) is 4.26. The van der Waals surface area contributed by atoms with Crippen LogP contribution in [0.5, 0.6) is 0 Å². The van der Waals surface area contributed by atoms with Crippen LogP contribution in [0.25, 0.3) is 0 Å². The predicted octanol–water partition coefficient (Wildman–Crippen LogP) is 5.81. The maximum Gasteiger partial charge on any atom is 0.254 e. The molecule has 1 heterocycles. The van der Waals surface area contributed by atoms with Gasteiger partial charge in [0.2, 0.25) is 0 Å². The van der Waals surface area contributed by atoms with Crippen molar-refractivity contribution in [2.24, 2.45) is 0 Å². The van der Waals surface area contributed by atoms with Crippen LogP contribution >= 0.6 is 23.2 Å². The summed E-state index contributed by atoms with van der Waals surface area (Å²) in [6.07, 6.45) is 3.58. The third kappa shape index (κ3) is 5.03. The summed E-state index contributed by atoms with van der Waals surface area (Å²) in [5.74, 6) is -0.463. The molecule has 0 aliphatic heterocycles. The van der Waals surface area contributed by atoms with E-state index < -0.39 is 0 Å². The minimum absolute atomic E-state index is 0.192. The number of carbonyl (C=O) groups is 1. The molecule has 0 radical (unpaired) electrons. The van der Waals surface area contributed by atoms with E-state index in [2.05, 4.69) is 6.58 Å². The molecule has 0 atom stereocenters. The fraction of sp³-hybridized carbons (Fsp3) is 0.136. The molecule has 3 aromatic rings. The minimum atomic E-state index is -0.271. The molecule has 144 valence electrons. The molecule has 0 N–H and O–H groups in total. The summed E-state index contributed by atoms with van der Waals surface area (Å²) in [7, 11) is 0. The van der Waals surface area contributed by atoms with Gasteiger partial charge in [-0.25, -0.2) is 4.39 Å². The lowest BCUT2D eigenvalue weighted by Gasteiger charge is -2.22. The maximum atomic E-state index is 13.5. The normalized spacial score (nSPS) is 10.7.